The number of amides is 1. The molecule has 1 aromatic rings. The van der Waals surface area contributed by atoms with Crippen LogP contribution in [0.3, 0.4) is 0 Å². The van der Waals surface area contributed by atoms with E-state index in [1.807, 2.05) is 13.8 Å². The fraction of sp³-hybridized carbons (Fsp3) is 0.467. The van der Waals surface area contributed by atoms with Crippen molar-refractivity contribution in [1.29, 1.82) is 0 Å². The lowest BCUT2D eigenvalue weighted by Crippen LogP contribution is -2.36. The van der Waals surface area contributed by atoms with Gasteiger partial charge in [0.1, 0.15) is 5.75 Å². The summed E-state index contributed by atoms with van der Waals surface area (Å²) in [5, 5.41) is 22.1. The van der Waals surface area contributed by atoms with E-state index in [1.165, 1.54) is 24.3 Å². The first kappa shape index (κ1) is 18.4. The van der Waals surface area contributed by atoms with Gasteiger partial charge in [-0.05, 0) is 24.5 Å². The van der Waals surface area contributed by atoms with Crippen LogP contribution >= 0.6 is 0 Å². The molecule has 0 heterocycles. The van der Waals surface area contributed by atoms with Gasteiger partial charge in [-0.25, -0.2) is 0 Å². The Labute approximate surface area is 133 Å². The zero-order valence-corrected chi connectivity index (χ0v) is 13.0. The first-order valence-corrected chi connectivity index (χ1v) is 7.16. The van der Waals surface area contributed by atoms with E-state index in [4.69, 9.17) is 9.84 Å². The summed E-state index contributed by atoms with van der Waals surface area (Å²) in [6.07, 6.45) is 0.471. The molecule has 2 N–H and O–H groups in total. The molecule has 0 radical (unpaired) electrons. The van der Waals surface area contributed by atoms with Crippen LogP contribution in [0.1, 0.15) is 20.3 Å². The normalized spacial score (nSPS) is 11.8. The summed E-state index contributed by atoms with van der Waals surface area (Å²) in [5.41, 5.74) is -0.0696. The van der Waals surface area contributed by atoms with Crippen LogP contribution in [0.2, 0.25) is 0 Å². The molecule has 1 atom stereocenters. The Balaban J connectivity index is 2.41. The number of hydrogen-bond acceptors (Lipinski definition) is 5. The third-order valence-corrected chi connectivity index (χ3v) is 3.07. The Kier molecular flexibility index (Phi) is 6.98. The Morgan fingerprint density at radius 2 is 1.91 bits per heavy atom. The van der Waals surface area contributed by atoms with Crippen LogP contribution < -0.4 is 10.1 Å². The molecule has 0 saturated carbocycles. The second-order valence-electron chi connectivity index (χ2n) is 5.51. The summed E-state index contributed by atoms with van der Waals surface area (Å²) >= 11 is 0. The molecular weight excluding hydrogens is 304 g/mol. The highest BCUT2D eigenvalue weighted by molar-refractivity contribution is 5.78. The minimum Gasteiger partial charge on any atom is -0.484 e. The fourth-order valence-electron chi connectivity index (χ4n) is 1.94. The predicted molar refractivity (Wildman–Crippen MR) is 82.2 cm³/mol. The van der Waals surface area contributed by atoms with Crippen LogP contribution in [0.15, 0.2) is 24.3 Å². The minimum atomic E-state index is -0.949. The number of carboxylic acid groups (broad SMARTS) is 1. The average Bonchev–Trinajstić information content (AvgIpc) is 2.49. The molecule has 0 saturated heterocycles. The molecule has 0 fully saturated rings. The number of benzene rings is 1. The van der Waals surface area contributed by atoms with E-state index in [2.05, 4.69) is 5.32 Å². The summed E-state index contributed by atoms with van der Waals surface area (Å²) in [6, 6.07) is 5.33. The van der Waals surface area contributed by atoms with Crippen LogP contribution in [0.5, 0.6) is 5.75 Å². The number of carbonyl (C=O) groups is 2. The first-order valence-electron chi connectivity index (χ1n) is 7.16. The highest BCUT2D eigenvalue weighted by atomic mass is 16.6. The van der Waals surface area contributed by atoms with Gasteiger partial charge in [0.15, 0.2) is 6.61 Å². The van der Waals surface area contributed by atoms with E-state index in [0.29, 0.717) is 12.2 Å². The molecule has 0 spiro atoms. The fourth-order valence-corrected chi connectivity index (χ4v) is 1.94. The summed E-state index contributed by atoms with van der Waals surface area (Å²) in [7, 11) is 0. The van der Waals surface area contributed by atoms with Gasteiger partial charge in [0.2, 0.25) is 0 Å². The number of nitro benzene ring substituents is 1. The van der Waals surface area contributed by atoms with Crippen molar-refractivity contribution in [2.75, 3.05) is 13.2 Å². The second kappa shape index (κ2) is 8.72. The summed E-state index contributed by atoms with van der Waals surface area (Å²) in [6.45, 7) is 3.58. The molecule has 8 heteroatoms. The van der Waals surface area contributed by atoms with Crippen LogP contribution in [0.25, 0.3) is 0 Å². The van der Waals surface area contributed by atoms with E-state index in [0.717, 1.165) is 0 Å². The lowest BCUT2D eigenvalue weighted by molar-refractivity contribution is -0.384. The summed E-state index contributed by atoms with van der Waals surface area (Å²) in [5.74, 6) is -1.50. The van der Waals surface area contributed by atoms with E-state index >= 15 is 0 Å². The lowest BCUT2D eigenvalue weighted by Gasteiger charge is -2.15. The highest BCUT2D eigenvalue weighted by Gasteiger charge is 2.19. The maximum Gasteiger partial charge on any atom is 0.308 e. The van der Waals surface area contributed by atoms with Gasteiger partial charge in [0.25, 0.3) is 11.6 Å². The number of nitrogens with zero attached hydrogens (tertiary/aromatic N) is 1. The van der Waals surface area contributed by atoms with Crippen molar-refractivity contribution >= 4 is 17.6 Å². The number of nitro groups is 1. The lowest BCUT2D eigenvalue weighted by atomic mass is 9.97. The first-order chi connectivity index (χ1) is 10.8. The number of carbonyl (C=O) groups excluding carboxylic acids is 1. The van der Waals surface area contributed by atoms with Crippen LogP contribution in [-0.4, -0.2) is 35.1 Å². The summed E-state index contributed by atoms with van der Waals surface area (Å²) in [4.78, 5) is 32.7. The van der Waals surface area contributed by atoms with Crippen molar-refractivity contribution in [3.05, 3.63) is 34.4 Å². The van der Waals surface area contributed by atoms with Crippen molar-refractivity contribution in [2.45, 2.75) is 20.3 Å². The Bertz CT molecular complexity index is 556. The number of nitrogens with one attached hydrogen (secondary N) is 1. The van der Waals surface area contributed by atoms with Gasteiger partial charge in [-0.15, -0.1) is 0 Å². The number of non-ortho nitro benzene ring substituents is 1. The molecule has 23 heavy (non-hydrogen) atoms. The molecule has 0 bridgehead atoms. The van der Waals surface area contributed by atoms with E-state index in [-0.39, 0.29) is 24.8 Å². The van der Waals surface area contributed by atoms with Gasteiger partial charge in [0.05, 0.1) is 10.8 Å². The quantitative estimate of drug-likeness (QED) is 0.528. The number of aliphatic carboxylic acids is 1. The van der Waals surface area contributed by atoms with Crippen molar-refractivity contribution in [3.8, 4) is 5.75 Å². The maximum absolute atomic E-state index is 11.7. The van der Waals surface area contributed by atoms with Gasteiger partial charge in [-0.2, -0.15) is 0 Å². The van der Waals surface area contributed by atoms with E-state index in [9.17, 15) is 19.7 Å². The Morgan fingerprint density at radius 1 is 1.30 bits per heavy atom. The third kappa shape index (κ3) is 6.77. The maximum atomic E-state index is 11.7. The van der Waals surface area contributed by atoms with E-state index < -0.39 is 22.7 Å². The SMILES string of the molecule is CC(C)CC(CNC(=O)COc1ccc([N+](=O)[O-])cc1)C(=O)O. The molecule has 1 amide bonds. The van der Waals surface area contributed by atoms with Gasteiger partial charge in [0, 0.05) is 18.7 Å². The van der Waals surface area contributed by atoms with Crippen LogP contribution in [-0.2, 0) is 9.59 Å². The van der Waals surface area contributed by atoms with Crippen molar-refractivity contribution < 1.29 is 24.4 Å². The Hall–Kier alpha value is -2.64. The average molecular weight is 324 g/mol. The molecule has 0 aliphatic carbocycles. The monoisotopic (exact) mass is 324 g/mol. The predicted octanol–water partition coefficient (Wildman–Crippen LogP) is 1.84. The molecule has 1 unspecified atom stereocenters. The topological polar surface area (TPSA) is 119 Å². The standard InChI is InChI=1S/C15H20N2O6/c1-10(2)7-11(15(19)20)8-16-14(18)9-23-13-5-3-12(4-6-13)17(21)22/h3-6,10-11H,7-9H2,1-2H3,(H,16,18)(H,19,20). The molecular formula is C15H20N2O6. The van der Waals surface area contributed by atoms with Gasteiger partial charge < -0.3 is 15.2 Å². The number of carboxylic acids is 1. The van der Waals surface area contributed by atoms with Crippen LogP contribution in [0.4, 0.5) is 5.69 Å². The highest BCUT2D eigenvalue weighted by Crippen LogP contribution is 2.17. The third-order valence-electron chi connectivity index (χ3n) is 3.07. The second-order valence-corrected chi connectivity index (χ2v) is 5.51. The molecule has 0 aromatic heterocycles. The number of rotatable bonds is 9. The molecule has 0 aliphatic heterocycles. The van der Waals surface area contributed by atoms with Gasteiger partial charge >= 0.3 is 5.97 Å². The summed E-state index contributed by atoms with van der Waals surface area (Å²) < 4.78 is 5.19. The van der Waals surface area contributed by atoms with Gasteiger partial charge in [-0.1, -0.05) is 13.8 Å². The number of ether oxygens (including phenoxy) is 1. The molecule has 8 nitrogen and oxygen atoms in total. The largest absolute Gasteiger partial charge is 0.484 e. The van der Waals surface area contributed by atoms with Crippen molar-refractivity contribution in [2.24, 2.45) is 11.8 Å². The van der Waals surface area contributed by atoms with E-state index in [1.54, 1.807) is 0 Å². The van der Waals surface area contributed by atoms with Crippen LogP contribution in [0, 0.1) is 22.0 Å². The molecule has 1 rings (SSSR count). The zero-order chi connectivity index (χ0) is 17.4. The molecule has 126 valence electrons. The smallest absolute Gasteiger partial charge is 0.308 e. The zero-order valence-electron chi connectivity index (χ0n) is 13.0. The van der Waals surface area contributed by atoms with Crippen molar-refractivity contribution in [1.82, 2.24) is 5.32 Å². The molecule has 1 aromatic carbocycles. The Morgan fingerprint density at radius 3 is 2.39 bits per heavy atom. The molecule has 0 aliphatic rings. The minimum absolute atomic E-state index is 0.0377. The van der Waals surface area contributed by atoms with Crippen molar-refractivity contribution in [3.63, 3.8) is 0 Å². The van der Waals surface area contributed by atoms with Gasteiger partial charge in [-0.3, -0.25) is 19.7 Å². The number of hydrogen-bond donors (Lipinski definition) is 2.